The van der Waals surface area contributed by atoms with E-state index in [1.165, 1.54) is 12.1 Å². The van der Waals surface area contributed by atoms with Crippen LogP contribution in [0.1, 0.15) is 5.76 Å². The zero-order chi connectivity index (χ0) is 7.56. The Bertz CT molecular complexity index is 302. The van der Waals surface area contributed by atoms with Crippen molar-refractivity contribution >= 4 is 4.47 Å². The molecule has 1 aromatic heterocycles. The Morgan fingerprint density at radius 2 is 2.20 bits per heavy atom. The van der Waals surface area contributed by atoms with Crippen LogP contribution < -0.4 is 9.90 Å². The molecule has 0 saturated carbocycles. The average molecular weight is 176 g/mol. The van der Waals surface area contributed by atoms with Crippen LogP contribution in [0.3, 0.4) is 0 Å². The molecule has 0 aromatic carbocycles. The van der Waals surface area contributed by atoms with Crippen molar-refractivity contribution in [1.29, 1.82) is 0 Å². The van der Waals surface area contributed by atoms with Gasteiger partial charge in [-0.1, -0.05) is 0 Å². The van der Waals surface area contributed by atoms with Crippen LogP contribution >= 0.6 is 0 Å². The van der Waals surface area contributed by atoms with E-state index in [2.05, 4.69) is 0 Å². The SMILES string of the molecule is Cc1cc(=O)c[c]([V]=[O])o1. The standard InChI is InChI=1S/C6H5O2.O.V/c1-5-4-6(7)2-3-8-5;;/h2,4H,1H3;;. The van der Waals surface area contributed by atoms with Crippen molar-refractivity contribution in [3.8, 4) is 0 Å². The third-order valence-electron chi connectivity index (χ3n) is 0.967. The fourth-order valence-corrected chi connectivity index (χ4v) is 1.20. The molecule has 0 aliphatic rings. The molecule has 0 N–H and O–H groups in total. The Morgan fingerprint density at radius 1 is 1.50 bits per heavy atom. The van der Waals surface area contributed by atoms with E-state index in [0.717, 1.165) is 0 Å². The zero-order valence-electron chi connectivity index (χ0n) is 5.33. The summed E-state index contributed by atoms with van der Waals surface area (Å²) in [6.45, 7) is 1.65. The third kappa shape index (κ3) is 1.66. The van der Waals surface area contributed by atoms with E-state index < -0.39 is 16.2 Å². The molecule has 1 heterocycles. The van der Waals surface area contributed by atoms with Crippen LogP contribution in [0.5, 0.6) is 0 Å². The Labute approximate surface area is 64.3 Å². The number of hydrogen-bond donors (Lipinski definition) is 0. The van der Waals surface area contributed by atoms with Crippen molar-refractivity contribution in [2.45, 2.75) is 6.92 Å². The monoisotopic (exact) mass is 176 g/mol. The molecule has 0 unspecified atom stereocenters. The molecule has 0 radical (unpaired) electrons. The van der Waals surface area contributed by atoms with Gasteiger partial charge in [-0.05, 0) is 0 Å². The number of hydrogen-bond acceptors (Lipinski definition) is 3. The summed E-state index contributed by atoms with van der Waals surface area (Å²) in [7, 11) is 0. The molecule has 0 atom stereocenters. The summed E-state index contributed by atoms with van der Waals surface area (Å²) in [5.41, 5.74) is -0.148. The first kappa shape index (κ1) is 7.44. The first-order valence-electron chi connectivity index (χ1n) is 2.67. The van der Waals surface area contributed by atoms with Crippen molar-refractivity contribution in [2.75, 3.05) is 0 Å². The summed E-state index contributed by atoms with van der Waals surface area (Å²) in [4.78, 5) is 10.7. The van der Waals surface area contributed by atoms with E-state index in [9.17, 15) is 8.47 Å². The van der Waals surface area contributed by atoms with E-state index >= 15 is 0 Å². The van der Waals surface area contributed by atoms with Gasteiger partial charge in [0.05, 0.1) is 0 Å². The van der Waals surface area contributed by atoms with E-state index in [1.807, 2.05) is 0 Å². The van der Waals surface area contributed by atoms with Crippen molar-refractivity contribution < 1.29 is 24.3 Å². The molecule has 10 heavy (non-hydrogen) atoms. The second-order valence-corrected chi connectivity index (χ2v) is 2.81. The molecule has 1 rings (SSSR count). The van der Waals surface area contributed by atoms with E-state index in [4.69, 9.17) is 4.42 Å². The summed E-state index contributed by atoms with van der Waals surface area (Å²) >= 11 is -1.21. The molecule has 4 heteroatoms. The predicted molar refractivity (Wildman–Crippen MR) is 30.0 cm³/mol. The Balaban J connectivity index is 3.32. The molecule has 52 valence electrons. The second-order valence-electron chi connectivity index (χ2n) is 1.83. The molecule has 3 nitrogen and oxygen atoms in total. The molecule has 0 aliphatic heterocycles. The first-order chi connectivity index (χ1) is 4.72. The molecule has 0 spiro atoms. The normalized spacial score (nSPS) is 9.30. The maximum atomic E-state index is 10.7. The second kappa shape index (κ2) is 2.95. The molecule has 1 aromatic rings. The van der Waals surface area contributed by atoms with Gasteiger partial charge < -0.3 is 0 Å². The Morgan fingerprint density at radius 3 is 2.70 bits per heavy atom. The minimum absolute atomic E-state index is 0.148. The minimum atomic E-state index is -1.21. The molecule has 0 amide bonds. The van der Waals surface area contributed by atoms with Gasteiger partial charge in [0.2, 0.25) is 0 Å². The van der Waals surface area contributed by atoms with E-state index in [0.29, 0.717) is 10.2 Å². The summed E-state index contributed by atoms with van der Waals surface area (Å²) in [5.74, 6) is 0.508. The quantitative estimate of drug-likeness (QED) is 0.605. The van der Waals surface area contributed by atoms with Crippen LogP contribution in [0.25, 0.3) is 0 Å². The van der Waals surface area contributed by atoms with Crippen LogP contribution in [-0.4, -0.2) is 0 Å². The van der Waals surface area contributed by atoms with Gasteiger partial charge in [0.1, 0.15) is 0 Å². The molecule has 0 bridgehead atoms. The van der Waals surface area contributed by atoms with Crippen molar-refractivity contribution in [3.05, 3.63) is 28.1 Å². The number of aryl methyl sites for hydroxylation is 1. The fourth-order valence-electron chi connectivity index (χ4n) is 0.633. The zero-order valence-corrected chi connectivity index (χ0v) is 6.72. The Kier molecular flexibility index (Phi) is 2.19. The first-order valence-corrected chi connectivity index (χ1v) is 3.94. The number of rotatable bonds is 1. The van der Waals surface area contributed by atoms with Crippen LogP contribution in [0.4, 0.5) is 0 Å². The van der Waals surface area contributed by atoms with Crippen molar-refractivity contribution in [2.24, 2.45) is 0 Å². The van der Waals surface area contributed by atoms with Gasteiger partial charge >= 0.3 is 63.8 Å². The van der Waals surface area contributed by atoms with Crippen molar-refractivity contribution in [1.82, 2.24) is 0 Å². The van der Waals surface area contributed by atoms with Gasteiger partial charge in [-0.2, -0.15) is 0 Å². The van der Waals surface area contributed by atoms with Gasteiger partial charge in [-0.25, -0.2) is 0 Å². The maximum absolute atomic E-state index is 10.7. The molecule has 0 aliphatic carbocycles. The van der Waals surface area contributed by atoms with Gasteiger partial charge in [0.25, 0.3) is 0 Å². The molecule has 0 fully saturated rings. The molecule has 0 saturated heterocycles. The summed E-state index contributed by atoms with van der Waals surface area (Å²) in [5, 5.41) is 0. The van der Waals surface area contributed by atoms with E-state index in [-0.39, 0.29) is 5.43 Å². The van der Waals surface area contributed by atoms with E-state index in [1.54, 1.807) is 6.92 Å². The van der Waals surface area contributed by atoms with Crippen LogP contribution in [0.2, 0.25) is 0 Å². The van der Waals surface area contributed by atoms with Gasteiger partial charge in [-0.15, -0.1) is 0 Å². The molecular weight excluding hydrogens is 171 g/mol. The van der Waals surface area contributed by atoms with Crippen LogP contribution in [-0.2, 0) is 19.9 Å². The average Bonchev–Trinajstić information content (AvgIpc) is 1.85. The summed E-state index contributed by atoms with van der Waals surface area (Å²) in [6, 6.07) is 2.61. The summed E-state index contributed by atoms with van der Waals surface area (Å²) < 4.78 is 15.5. The van der Waals surface area contributed by atoms with Gasteiger partial charge in [0.15, 0.2) is 0 Å². The van der Waals surface area contributed by atoms with Crippen LogP contribution in [0, 0.1) is 6.92 Å². The van der Waals surface area contributed by atoms with Crippen molar-refractivity contribution in [3.63, 3.8) is 0 Å². The Hall–Kier alpha value is -0.666. The predicted octanol–water partition coefficient (Wildman–Crippen LogP) is 0.00152. The fraction of sp³-hybridized carbons (Fsp3) is 0.167. The third-order valence-corrected chi connectivity index (χ3v) is 1.59. The molecular formula is C6H5O3V. The topological polar surface area (TPSA) is 47.3 Å². The van der Waals surface area contributed by atoms with Gasteiger partial charge in [-0.3, -0.25) is 0 Å². The summed E-state index contributed by atoms with van der Waals surface area (Å²) in [6.07, 6.45) is 0. The van der Waals surface area contributed by atoms with Crippen LogP contribution in [0.15, 0.2) is 21.3 Å². The van der Waals surface area contributed by atoms with Gasteiger partial charge in [0, 0.05) is 0 Å².